The molecule has 1 nitrogen and oxygen atoms in total. The van der Waals surface area contributed by atoms with Crippen LogP contribution in [0.5, 0.6) is 0 Å². The highest BCUT2D eigenvalue weighted by Crippen LogP contribution is 2.27. The summed E-state index contributed by atoms with van der Waals surface area (Å²) in [5.41, 5.74) is 1.57. The highest BCUT2D eigenvalue weighted by atomic mass is 79.9. The lowest BCUT2D eigenvalue weighted by Crippen LogP contribution is -1.90. The van der Waals surface area contributed by atoms with Crippen LogP contribution < -0.4 is 0 Å². The number of thioether (sulfide) groups is 1. The van der Waals surface area contributed by atoms with Crippen molar-refractivity contribution in [1.29, 1.82) is 0 Å². The van der Waals surface area contributed by atoms with Crippen LogP contribution in [-0.4, -0.2) is 5.11 Å². The molecule has 0 aliphatic heterocycles. The van der Waals surface area contributed by atoms with Crippen molar-refractivity contribution in [1.82, 2.24) is 0 Å². The zero-order valence-electron chi connectivity index (χ0n) is 10.4. The summed E-state index contributed by atoms with van der Waals surface area (Å²) in [7, 11) is 0. The lowest BCUT2D eigenvalue weighted by Gasteiger charge is -2.07. The Morgan fingerprint density at radius 2 is 1.89 bits per heavy atom. The van der Waals surface area contributed by atoms with Crippen molar-refractivity contribution in [3.63, 3.8) is 0 Å². The van der Waals surface area contributed by atoms with Crippen LogP contribution in [0.1, 0.15) is 24.2 Å². The molecule has 2 aromatic rings. The van der Waals surface area contributed by atoms with E-state index in [-0.39, 0.29) is 5.82 Å². The minimum Gasteiger partial charge on any atom is -0.389 e. The summed E-state index contributed by atoms with van der Waals surface area (Å²) in [6.45, 7) is 1.74. The van der Waals surface area contributed by atoms with E-state index in [0.717, 1.165) is 14.9 Å². The molecule has 1 N–H and O–H groups in total. The third-order valence-corrected chi connectivity index (χ3v) is 4.32. The third kappa shape index (κ3) is 4.06. The maximum Gasteiger partial charge on any atom is 0.127 e. The Bertz CT molecular complexity index is 555. The maximum atomic E-state index is 13.6. The van der Waals surface area contributed by atoms with Gasteiger partial charge in [0.2, 0.25) is 0 Å². The van der Waals surface area contributed by atoms with Crippen LogP contribution in [0.4, 0.5) is 4.39 Å². The summed E-state index contributed by atoms with van der Waals surface area (Å²) in [5, 5.41) is 9.43. The standard InChI is InChI=1S/C15H14BrFOS/c1-10(18)11-2-5-14(6-3-11)19-9-12-8-13(16)4-7-15(12)17/h2-8,10,18H,9H2,1H3. The molecule has 2 aromatic carbocycles. The highest BCUT2D eigenvalue weighted by Gasteiger charge is 2.05. The fraction of sp³-hybridized carbons (Fsp3) is 0.200. The van der Waals surface area contributed by atoms with Crippen molar-refractivity contribution in [3.05, 3.63) is 63.9 Å². The summed E-state index contributed by atoms with van der Waals surface area (Å²) in [6.07, 6.45) is -0.457. The summed E-state index contributed by atoms with van der Waals surface area (Å²) in [4.78, 5) is 1.06. The zero-order valence-corrected chi connectivity index (χ0v) is 12.8. The average molecular weight is 341 g/mol. The first kappa shape index (κ1) is 14.6. The predicted molar refractivity (Wildman–Crippen MR) is 80.7 cm³/mol. The molecule has 1 unspecified atom stereocenters. The van der Waals surface area contributed by atoms with Crippen molar-refractivity contribution < 1.29 is 9.50 Å². The molecule has 0 saturated heterocycles. The van der Waals surface area contributed by atoms with Crippen molar-refractivity contribution in [2.45, 2.75) is 23.7 Å². The highest BCUT2D eigenvalue weighted by molar-refractivity contribution is 9.10. The number of halogens is 2. The molecule has 0 bridgehead atoms. The molecule has 0 aliphatic carbocycles. The fourth-order valence-electron chi connectivity index (χ4n) is 1.66. The topological polar surface area (TPSA) is 20.2 Å². The Morgan fingerprint density at radius 1 is 1.21 bits per heavy atom. The van der Waals surface area contributed by atoms with E-state index in [9.17, 15) is 9.50 Å². The van der Waals surface area contributed by atoms with E-state index in [2.05, 4.69) is 15.9 Å². The van der Waals surface area contributed by atoms with Crippen LogP contribution in [0.25, 0.3) is 0 Å². The van der Waals surface area contributed by atoms with Gasteiger partial charge in [0.15, 0.2) is 0 Å². The van der Waals surface area contributed by atoms with Crippen molar-refractivity contribution in [2.24, 2.45) is 0 Å². The van der Waals surface area contributed by atoms with E-state index in [1.807, 2.05) is 24.3 Å². The van der Waals surface area contributed by atoms with E-state index in [4.69, 9.17) is 0 Å². The van der Waals surface area contributed by atoms with Crippen molar-refractivity contribution in [3.8, 4) is 0 Å². The maximum absolute atomic E-state index is 13.6. The summed E-state index contributed by atoms with van der Waals surface area (Å²) in [6, 6.07) is 12.6. The molecule has 0 spiro atoms. The normalized spacial score (nSPS) is 12.4. The number of hydrogen-bond acceptors (Lipinski definition) is 2. The van der Waals surface area contributed by atoms with Gasteiger partial charge in [0.25, 0.3) is 0 Å². The van der Waals surface area contributed by atoms with E-state index in [0.29, 0.717) is 11.3 Å². The lowest BCUT2D eigenvalue weighted by atomic mass is 10.1. The van der Waals surface area contributed by atoms with Gasteiger partial charge in [0, 0.05) is 15.1 Å². The van der Waals surface area contributed by atoms with Crippen LogP contribution in [0, 0.1) is 5.82 Å². The first-order chi connectivity index (χ1) is 9.06. The fourth-order valence-corrected chi connectivity index (χ4v) is 2.94. The second-order valence-corrected chi connectivity index (χ2v) is 6.23. The molecule has 0 saturated carbocycles. The summed E-state index contributed by atoms with van der Waals surface area (Å²) in [5.74, 6) is 0.399. The molecule has 0 radical (unpaired) electrons. The van der Waals surface area contributed by atoms with Crippen LogP contribution >= 0.6 is 27.7 Å². The summed E-state index contributed by atoms with van der Waals surface area (Å²) >= 11 is 4.92. The van der Waals surface area contributed by atoms with Gasteiger partial charge in [0.05, 0.1) is 6.10 Å². The number of aliphatic hydroxyl groups excluding tert-OH is 1. The SMILES string of the molecule is CC(O)c1ccc(SCc2cc(Br)ccc2F)cc1. The minimum absolute atomic E-state index is 0.184. The van der Waals surface area contributed by atoms with Gasteiger partial charge in [-0.25, -0.2) is 4.39 Å². The first-order valence-electron chi connectivity index (χ1n) is 5.91. The molecule has 0 aliphatic rings. The largest absolute Gasteiger partial charge is 0.389 e. The van der Waals surface area contributed by atoms with Crippen LogP contribution in [0.3, 0.4) is 0 Å². The monoisotopic (exact) mass is 340 g/mol. The first-order valence-corrected chi connectivity index (χ1v) is 7.69. The van der Waals surface area contributed by atoms with Gasteiger partial charge in [-0.05, 0) is 48.4 Å². The van der Waals surface area contributed by atoms with E-state index < -0.39 is 6.10 Å². The number of rotatable bonds is 4. The Kier molecular flexibility index (Phi) is 5.02. The Labute approximate surface area is 125 Å². The van der Waals surface area contributed by atoms with Crippen LogP contribution in [-0.2, 0) is 5.75 Å². The molecule has 1 atom stereocenters. The lowest BCUT2D eigenvalue weighted by molar-refractivity contribution is 0.199. The Balaban J connectivity index is 2.04. The van der Waals surface area contributed by atoms with Gasteiger partial charge in [-0.3, -0.25) is 0 Å². The van der Waals surface area contributed by atoms with Gasteiger partial charge >= 0.3 is 0 Å². The quantitative estimate of drug-likeness (QED) is 0.796. The minimum atomic E-state index is -0.457. The van der Waals surface area contributed by atoms with Crippen molar-refractivity contribution >= 4 is 27.7 Å². The molecule has 4 heteroatoms. The van der Waals surface area contributed by atoms with Gasteiger partial charge in [-0.2, -0.15) is 0 Å². The van der Waals surface area contributed by atoms with Crippen molar-refractivity contribution in [2.75, 3.05) is 0 Å². The van der Waals surface area contributed by atoms with Gasteiger partial charge in [-0.1, -0.05) is 28.1 Å². The molecule has 0 fully saturated rings. The predicted octanol–water partition coefficient (Wildman–Crippen LogP) is 4.93. The molecule has 0 heterocycles. The molecule has 0 amide bonds. The van der Waals surface area contributed by atoms with Crippen LogP contribution in [0.2, 0.25) is 0 Å². The molecular formula is C15H14BrFOS. The zero-order chi connectivity index (χ0) is 13.8. The van der Waals surface area contributed by atoms with Gasteiger partial charge in [-0.15, -0.1) is 11.8 Å². The Hall–Kier alpha value is -0.840. The van der Waals surface area contributed by atoms with Gasteiger partial charge in [0.1, 0.15) is 5.82 Å². The van der Waals surface area contributed by atoms with E-state index >= 15 is 0 Å². The van der Waals surface area contributed by atoms with Crippen LogP contribution in [0.15, 0.2) is 51.8 Å². The third-order valence-electron chi connectivity index (χ3n) is 2.76. The second kappa shape index (κ2) is 6.55. The summed E-state index contributed by atoms with van der Waals surface area (Å²) < 4.78 is 14.5. The molecule has 100 valence electrons. The smallest absolute Gasteiger partial charge is 0.127 e. The number of hydrogen-bond donors (Lipinski definition) is 1. The molecule has 19 heavy (non-hydrogen) atoms. The number of benzene rings is 2. The van der Waals surface area contributed by atoms with Gasteiger partial charge < -0.3 is 5.11 Å². The average Bonchev–Trinajstić information content (AvgIpc) is 2.40. The molecule has 2 rings (SSSR count). The second-order valence-electron chi connectivity index (χ2n) is 4.27. The van der Waals surface area contributed by atoms with E-state index in [1.54, 1.807) is 30.8 Å². The molecule has 0 aromatic heterocycles. The molecular weight excluding hydrogens is 327 g/mol. The Morgan fingerprint density at radius 3 is 2.53 bits per heavy atom. The van der Waals surface area contributed by atoms with E-state index in [1.165, 1.54) is 6.07 Å². The number of aliphatic hydroxyl groups is 1.